The van der Waals surface area contributed by atoms with E-state index in [1.807, 2.05) is 37.3 Å². The third-order valence-corrected chi connectivity index (χ3v) is 6.68. The van der Waals surface area contributed by atoms with Crippen molar-refractivity contribution >= 4 is 27.8 Å². The van der Waals surface area contributed by atoms with Crippen molar-refractivity contribution < 1.29 is 14.3 Å². The first-order valence-corrected chi connectivity index (χ1v) is 8.69. The first-order valence-electron chi connectivity index (χ1n) is 7.78. The van der Waals surface area contributed by atoms with Gasteiger partial charge in [0.1, 0.15) is 6.10 Å². The summed E-state index contributed by atoms with van der Waals surface area (Å²) in [5.41, 5.74) is 1.07. The summed E-state index contributed by atoms with van der Waals surface area (Å²) in [6.45, 7) is 1.97. The highest BCUT2D eigenvalue weighted by Crippen LogP contribution is 2.59. The van der Waals surface area contributed by atoms with Gasteiger partial charge in [0.2, 0.25) is 5.91 Å². The van der Waals surface area contributed by atoms with Gasteiger partial charge in [0.25, 0.3) is 0 Å². The molecule has 2 saturated carbocycles. The Balaban J connectivity index is 1.53. The molecule has 2 bridgehead atoms. The maximum atomic E-state index is 12.8. The van der Waals surface area contributed by atoms with Gasteiger partial charge in [0.15, 0.2) is 0 Å². The monoisotopic (exact) mass is 363 g/mol. The van der Waals surface area contributed by atoms with Crippen molar-refractivity contribution in [2.24, 2.45) is 23.7 Å². The highest BCUT2D eigenvalue weighted by atomic mass is 79.9. The smallest absolute Gasteiger partial charge is 0.310 e. The Morgan fingerprint density at radius 3 is 2.77 bits per heavy atom. The fourth-order valence-corrected chi connectivity index (χ4v) is 5.51. The van der Waals surface area contributed by atoms with Crippen molar-refractivity contribution in [1.29, 1.82) is 0 Å². The molecule has 0 aromatic heterocycles. The van der Waals surface area contributed by atoms with E-state index in [0.29, 0.717) is 0 Å². The summed E-state index contributed by atoms with van der Waals surface area (Å²) in [5.74, 6) is -0.291. The Hall–Kier alpha value is -1.36. The number of esters is 1. The average molecular weight is 364 g/mol. The van der Waals surface area contributed by atoms with Gasteiger partial charge in [-0.3, -0.25) is 9.59 Å². The molecule has 1 heterocycles. The predicted molar refractivity (Wildman–Crippen MR) is 84.2 cm³/mol. The maximum absolute atomic E-state index is 12.8. The molecule has 1 amide bonds. The molecule has 7 atom stereocenters. The molecule has 1 aromatic carbocycles. The Morgan fingerprint density at radius 2 is 2.05 bits per heavy atom. The van der Waals surface area contributed by atoms with Crippen molar-refractivity contribution in [3.63, 3.8) is 0 Å². The van der Waals surface area contributed by atoms with E-state index in [1.165, 1.54) is 0 Å². The minimum Gasteiger partial charge on any atom is -0.461 e. The van der Waals surface area contributed by atoms with E-state index in [1.54, 1.807) is 0 Å². The number of carbonyl (C=O) groups excluding carboxylic acids is 2. The van der Waals surface area contributed by atoms with Crippen LogP contribution in [0.2, 0.25) is 0 Å². The van der Waals surface area contributed by atoms with Crippen LogP contribution in [-0.4, -0.2) is 22.8 Å². The molecule has 4 rings (SSSR count). The van der Waals surface area contributed by atoms with Crippen LogP contribution in [-0.2, 0) is 14.3 Å². The third-order valence-electron chi connectivity index (χ3n) is 5.48. The van der Waals surface area contributed by atoms with Gasteiger partial charge in [0.05, 0.1) is 22.7 Å². The lowest BCUT2D eigenvalue weighted by molar-refractivity contribution is -0.146. The van der Waals surface area contributed by atoms with E-state index in [4.69, 9.17) is 4.74 Å². The van der Waals surface area contributed by atoms with Crippen LogP contribution in [0.3, 0.4) is 0 Å². The van der Waals surface area contributed by atoms with Crippen LogP contribution < -0.4 is 5.32 Å². The molecule has 5 heteroatoms. The zero-order valence-corrected chi connectivity index (χ0v) is 13.8. The van der Waals surface area contributed by atoms with Crippen LogP contribution in [0.15, 0.2) is 30.3 Å². The van der Waals surface area contributed by atoms with Gasteiger partial charge in [-0.1, -0.05) is 46.3 Å². The summed E-state index contributed by atoms with van der Waals surface area (Å²) < 4.78 is 5.46. The number of hydrogen-bond acceptors (Lipinski definition) is 3. The summed E-state index contributed by atoms with van der Waals surface area (Å²) >= 11 is 3.64. The highest BCUT2D eigenvalue weighted by Gasteiger charge is 2.67. The molecule has 0 spiro atoms. The summed E-state index contributed by atoms with van der Waals surface area (Å²) in [4.78, 5) is 25.0. The molecule has 2 aliphatic carbocycles. The first kappa shape index (κ1) is 14.2. The van der Waals surface area contributed by atoms with Crippen molar-refractivity contribution in [1.82, 2.24) is 5.32 Å². The van der Waals surface area contributed by atoms with E-state index in [0.717, 1.165) is 12.0 Å². The molecule has 22 heavy (non-hydrogen) atoms. The summed E-state index contributed by atoms with van der Waals surface area (Å²) in [6, 6.07) is 9.82. The van der Waals surface area contributed by atoms with Crippen molar-refractivity contribution in [3.05, 3.63) is 35.9 Å². The Morgan fingerprint density at radius 1 is 1.32 bits per heavy atom. The molecule has 3 fully saturated rings. The van der Waals surface area contributed by atoms with E-state index in [-0.39, 0.29) is 52.5 Å². The summed E-state index contributed by atoms with van der Waals surface area (Å²) in [6.07, 6.45) is 0.882. The van der Waals surface area contributed by atoms with Crippen LogP contribution in [0.4, 0.5) is 0 Å². The number of carbonyl (C=O) groups is 2. The summed E-state index contributed by atoms with van der Waals surface area (Å²) in [5, 5.41) is 3.08. The first-order chi connectivity index (χ1) is 10.6. The number of halogens is 1. The topological polar surface area (TPSA) is 55.4 Å². The van der Waals surface area contributed by atoms with Crippen LogP contribution in [0, 0.1) is 23.7 Å². The van der Waals surface area contributed by atoms with E-state index in [9.17, 15) is 9.59 Å². The lowest BCUT2D eigenvalue weighted by Gasteiger charge is -2.28. The molecule has 1 saturated heterocycles. The van der Waals surface area contributed by atoms with Gasteiger partial charge in [-0.25, -0.2) is 0 Å². The Bertz CT molecular complexity index is 620. The van der Waals surface area contributed by atoms with Crippen LogP contribution in [0.25, 0.3) is 0 Å². The maximum Gasteiger partial charge on any atom is 0.310 e. The van der Waals surface area contributed by atoms with Crippen molar-refractivity contribution in [2.45, 2.75) is 30.3 Å². The van der Waals surface area contributed by atoms with E-state index < -0.39 is 0 Å². The Labute approximate surface area is 137 Å². The predicted octanol–water partition coefficient (Wildman–Crippen LogP) is 2.43. The number of fused-ring (bicyclic) bond motifs is 1. The van der Waals surface area contributed by atoms with Gasteiger partial charge in [-0.05, 0) is 24.8 Å². The molecular formula is C17H18BrNO3. The minimum atomic E-state index is -0.258. The number of amides is 1. The van der Waals surface area contributed by atoms with Gasteiger partial charge in [0, 0.05) is 5.92 Å². The zero-order valence-electron chi connectivity index (χ0n) is 12.2. The second-order valence-electron chi connectivity index (χ2n) is 6.60. The van der Waals surface area contributed by atoms with Gasteiger partial charge < -0.3 is 10.1 Å². The van der Waals surface area contributed by atoms with Crippen LogP contribution in [0.5, 0.6) is 0 Å². The lowest BCUT2D eigenvalue weighted by atomic mass is 9.79. The fraction of sp³-hybridized carbons (Fsp3) is 0.529. The minimum absolute atomic E-state index is 0.0180. The van der Waals surface area contributed by atoms with E-state index in [2.05, 4.69) is 21.2 Å². The van der Waals surface area contributed by atoms with Crippen LogP contribution >= 0.6 is 15.9 Å². The largest absolute Gasteiger partial charge is 0.461 e. The molecule has 0 unspecified atom stereocenters. The molecule has 116 valence electrons. The SMILES string of the molecule is C[C@H](NC(=O)[C@@H]1[C@H]2C[C@H]3[C@H](OC(=O)[C@H]31)[C@H]2Br)c1ccccc1. The molecule has 3 aliphatic rings. The number of alkyl halides is 1. The third kappa shape index (κ3) is 1.94. The van der Waals surface area contributed by atoms with Gasteiger partial charge >= 0.3 is 5.97 Å². The molecule has 1 N–H and O–H groups in total. The van der Waals surface area contributed by atoms with Gasteiger partial charge in [-0.2, -0.15) is 0 Å². The molecule has 1 aromatic rings. The second kappa shape index (κ2) is 5.08. The zero-order chi connectivity index (χ0) is 15.4. The van der Waals surface area contributed by atoms with E-state index >= 15 is 0 Å². The number of rotatable bonds is 3. The number of ether oxygens (including phenoxy) is 1. The molecule has 4 nitrogen and oxygen atoms in total. The number of nitrogens with one attached hydrogen (secondary N) is 1. The molecule has 0 radical (unpaired) electrons. The number of benzene rings is 1. The summed E-state index contributed by atoms with van der Waals surface area (Å²) in [7, 11) is 0. The normalized spacial score (nSPS) is 39.6. The average Bonchev–Trinajstić information content (AvgIpc) is 3.12. The number of hydrogen-bond donors (Lipinski definition) is 1. The van der Waals surface area contributed by atoms with Crippen LogP contribution in [0.1, 0.15) is 24.9 Å². The highest BCUT2D eigenvalue weighted by molar-refractivity contribution is 9.09. The van der Waals surface area contributed by atoms with Gasteiger partial charge in [-0.15, -0.1) is 0 Å². The molecule has 1 aliphatic heterocycles. The van der Waals surface area contributed by atoms with Crippen molar-refractivity contribution in [2.75, 3.05) is 0 Å². The molecular weight excluding hydrogens is 346 g/mol. The Kier molecular flexibility index (Phi) is 3.29. The van der Waals surface area contributed by atoms with Crippen molar-refractivity contribution in [3.8, 4) is 0 Å². The second-order valence-corrected chi connectivity index (χ2v) is 7.66. The fourth-order valence-electron chi connectivity index (χ4n) is 4.47. The quantitative estimate of drug-likeness (QED) is 0.662. The lowest BCUT2D eigenvalue weighted by Crippen LogP contribution is -2.43. The standard InChI is InChI=1S/C17H18BrNO3/c1-8(9-5-3-2-4-6-9)19-16(20)12-10-7-11-13(12)17(21)22-15(11)14(10)18/h2-6,8,10-15H,7H2,1H3,(H,19,20)/t8-,10+,11+,12+,13+,14-,15-/m0/s1.